The summed E-state index contributed by atoms with van der Waals surface area (Å²) < 4.78 is 2.10. The van der Waals surface area contributed by atoms with Gasteiger partial charge in [-0.2, -0.15) is 0 Å². The highest BCUT2D eigenvalue weighted by Crippen LogP contribution is 2.28. The van der Waals surface area contributed by atoms with Crippen LogP contribution in [0.25, 0.3) is 16.6 Å². The highest BCUT2D eigenvalue weighted by atomic mass is 35.5. The number of nitrogens with zero attached hydrogens (tertiary/aromatic N) is 2. The number of aryl methyl sites for hydroxylation is 1. The topological polar surface area (TPSA) is 55.1 Å². The van der Waals surface area contributed by atoms with Crippen molar-refractivity contribution in [3.05, 3.63) is 59.5 Å². The molecule has 0 aliphatic carbocycles. The van der Waals surface area contributed by atoms with Gasteiger partial charge in [-0.25, -0.2) is 0 Å². The zero-order valence-electron chi connectivity index (χ0n) is 12.6. The maximum absolute atomic E-state index is 10.6. The Morgan fingerprint density at radius 2 is 2.13 bits per heavy atom. The van der Waals surface area contributed by atoms with Crippen molar-refractivity contribution in [1.29, 1.82) is 0 Å². The fourth-order valence-corrected chi connectivity index (χ4v) is 2.94. The van der Waals surface area contributed by atoms with E-state index in [-0.39, 0.29) is 6.42 Å². The summed E-state index contributed by atoms with van der Waals surface area (Å²) in [4.78, 5) is 14.8. The number of halogens is 1. The van der Waals surface area contributed by atoms with E-state index in [4.69, 9.17) is 16.7 Å². The lowest BCUT2D eigenvalue weighted by Gasteiger charge is -2.04. The zero-order valence-corrected chi connectivity index (χ0v) is 13.3. The van der Waals surface area contributed by atoms with Crippen molar-refractivity contribution in [2.75, 3.05) is 0 Å². The minimum Gasteiger partial charge on any atom is -0.481 e. The van der Waals surface area contributed by atoms with Gasteiger partial charge >= 0.3 is 5.97 Å². The van der Waals surface area contributed by atoms with Gasteiger partial charge in [-0.3, -0.25) is 9.78 Å². The number of carboxylic acid groups (broad SMARTS) is 1. The largest absolute Gasteiger partial charge is 0.481 e. The number of hydrogen-bond acceptors (Lipinski definition) is 2. The van der Waals surface area contributed by atoms with E-state index in [2.05, 4.69) is 15.7 Å². The SMILES string of the molecule is O=C(O)CCCCc1cn(-c2cccnc2)c2ccc(Cl)cc12. The summed E-state index contributed by atoms with van der Waals surface area (Å²) in [5, 5.41) is 10.6. The minimum absolute atomic E-state index is 0.210. The molecule has 118 valence electrons. The predicted molar refractivity (Wildman–Crippen MR) is 91.3 cm³/mol. The Morgan fingerprint density at radius 1 is 1.26 bits per heavy atom. The number of fused-ring (bicyclic) bond motifs is 1. The van der Waals surface area contributed by atoms with E-state index in [9.17, 15) is 4.79 Å². The lowest BCUT2D eigenvalue weighted by atomic mass is 10.1. The Labute approximate surface area is 139 Å². The fourth-order valence-electron chi connectivity index (χ4n) is 2.77. The van der Waals surface area contributed by atoms with Crippen molar-refractivity contribution in [2.24, 2.45) is 0 Å². The molecule has 0 amide bonds. The first kappa shape index (κ1) is 15.6. The molecular weight excluding hydrogens is 312 g/mol. The predicted octanol–water partition coefficient (Wildman–Crippen LogP) is 4.48. The molecule has 0 fully saturated rings. The van der Waals surface area contributed by atoms with Gasteiger partial charge in [0, 0.05) is 29.2 Å². The number of carboxylic acids is 1. The summed E-state index contributed by atoms with van der Waals surface area (Å²) >= 11 is 6.15. The van der Waals surface area contributed by atoms with E-state index in [1.54, 1.807) is 6.20 Å². The van der Waals surface area contributed by atoms with Gasteiger partial charge in [0.2, 0.25) is 0 Å². The van der Waals surface area contributed by atoms with E-state index in [0.717, 1.165) is 29.4 Å². The molecule has 1 N–H and O–H groups in total. The van der Waals surface area contributed by atoms with Gasteiger partial charge in [0.25, 0.3) is 0 Å². The maximum Gasteiger partial charge on any atom is 0.303 e. The van der Waals surface area contributed by atoms with Crippen LogP contribution in [-0.2, 0) is 11.2 Å². The molecule has 0 atom stereocenters. The smallest absolute Gasteiger partial charge is 0.303 e. The van der Waals surface area contributed by atoms with Crippen LogP contribution in [0.2, 0.25) is 5.02 Å². The fraction of sp³-hybridized carbons (Fsp3) is 0.222. The van der Waals surface area contributed by atoms with Crippen molar-refractivity contribution in [1.82, 2.24) is 9.55 Å². The lowest BCUT2D eigenvalue weighted by molar-refractivity contribution is -0.137. The maximum atomic E-state index is 10.6. The van der Waals surface area contributed by atoms with Crippen molar-refractivity contribution < 1.29 is 9.90 Å². The van der Waals surface area contributed by atoms with E-state index < -0.39 is 5.97 Å². The van der Waals surface area contributed by atoms with Crippen molar-refractivity contribution in [3.8, 4) is 5.69 Å². The number of carbonyl (C=O) groups is 1. The third-order valence-corrected chi connectivity index (χ3v) is 4.09. The van der Waals surface area contributed by atoms with Crippen LogP contribution in [0.1, 0.15) is 24.8 Å². The molecule has 0 spiro atoms. The number of rotatable bonds is 6. The Bertz CT molecular complexity index is 828. The molecule has 0 radical (unpaired) electrons. The van der Waals surface area contributed by atoms with E-state index in [1.807, 2.05) is 36.5 Å². The number of unbranched alkanes of at least 4 members (excludes halogenated alkanes) is 1. The second-order valence-corrected chi connectivity index (χ2v) is 5.93. The van der Waals surface area contributed by atoms with Crippen LogP contribution in [0.15, 0.2) is 48.9 Å². The summed E-state index contributed by atoms with van der Waals surface area (Å²) in [6.07, 6.45) is 8.22. The second kappa shape index (κ2) is 6.84. The van der Waals surface area contributed by atoms with Gasteiger partial charge in [0.05, 0.1) is 17.4 Å². The monoisotopic (exact) mass is 328 g/mol. The van der Waals surface area contributed by atoms with Crippen LogP contribution >= 0.6 is 11.6 Å². The molecular formula is C18H17ClN2O2. The Balaban J connectivity index is 1.94. The van der Waals surface area contributed by atoms with Crippen molar-refractivity contribution in [2.45, 2.75) is 25.7 Å². The first-order valence-electron chi connectivity index (χ1n) is 7.57. The first-order valence-corrected chi connectivity index (χ1v) is 7.94. The highest BCUT2D eigenvalue weighted by molar-refractivity contribution is 6.31. The quantitative estimate of drug-likeness (QED) is 0.679. The van der Waals surface area contributed by atoms with E-state index in [1.165, 1.54) is 5.56 Å². The van der Waals surface area contributed by atoms with Gasteiger partial charge in [-0.15, -0.1) is 0 Å². The summed E-state index contributed by atoms with van der Waals surface area (Å²) in [6.45, 7) is 0. The molecule has 1 aromatic carbocycles. The average molecular weight is 329 g/mol. The standard InChI is InChI=1S/C18H17ClN2O2/c19-14-7-8-17-16(10-14)13(4-1-2-6-18(22)23)12-21(17)15-5-3-9-20-11-15/h3,5,7-12H,1-2,4,6H2,(H,22,23). The Kier molecular flexibility index (Phi) is 4.63. The highest BCUT2D eigenvalue weighted by Gasteiger charge is 2.10. The summed E-state index contributed by atoms with van der Waals surface area (Å²) in [7, 11) is 0. The average Bonchev–Trinajstić information content (AvgIpc) is 2.90. The third-order valence-electron chi connectivity index (χ3n) is 3.86. The van der Waals surface area contributed by atoms with Crippen LogP contribution in [0, 0.1) is 0 Å². The molecule has 5 heteroatoms. The summed E-state index contributed by atoms with van der Waals surface area (Å²) in [5.74, 6) is -0.745. The van der Waals surface area contributed by atoms with Crippen LogP contribution < -0.4 is 0 Å². The molecule has 0 unspecified atom stereocenters. The zero-order chi connectivity index (χ0) is 16.2. The van der Waals surface area contributed by atoms with Crippen LogP contribution in [0.5, 0.6) is 0 Å². The summed E-state index contributed by atoms with van der Waals surface area (Å²) in [5.41, 5.74) is 3.25. The van der Waals surface area contributed by atoms with E-state index >= 15 is 0 Å². The molecule has 0 saturated heterocycles. The number of hydrogen-bond donors (Lipinski definition) is 1. The van der Waals surface area contributed by atoms with Crippen LogP contribution in [0.3, 0.4) is 0 Å². The first-order chi connectivity index (χ1) is 11.1. The number of pyridine rings is 1. The number of aromatic nitrogens is 2. The molecule has 0 saturated carbocycles. The lowest BCUT2D eigenvalue weighted by Crippen LogP contribution is -1.95. The van der Waals surface area contributed by atoms with Crippen LogP contribution in [-0.4, -0.2) is 20.6 Å². The van der Waals surface area contributed by atoms with Gasteiger partial charge in [-0.05, 0) is 55.2 Å². The molecule has 2 heterocycles. The van der Waals surface area contributed by atoms with Gasteiger partial charge in [-0.1, -0.05) is 11.6 Å². The Morgan fingerprint density at radius 3 is 2.87 bits per heavy atom. The Hall–Kier alpha value is -2.33. The number of aliphatic carboxylic acids is 1. The normalized spacial score (nSPS) is 11.0. The number of benzene rings is 1. The van der Waals surface area contributed by atoms with Gasteiger partial charge < -0.3 is 9.67 Å². The third kappa shape index (κ3) is 3.54. The molecule has 0 aliphatic rings. The molecule has 2 aromatic heterocycles. The summed E-state index contributed by atoms with van der Waals surface area (Å²) in [6, 6.07) is 9.77. The molecule has 3 aromatic rings. The molecule has 23 heavy (non-hydrogen) atoms. The second-order valence-electron chi connectivity index (χ2n) is 5.50. The van der Waals surface area contributed by atoms with Gasteiger partial charge in [0.1, 0.15) is 0 Å². The van der Waals surface area contributed by atoms with Crippen molar-refractivity contribution in [3.63, 3.8) is 0 Å². The molecule has 0 aliphatic heterocycles. The van der Waals surface area contributed by atoms with E-state index in [0.29, 0.717) is 11.4 Å². The van der Waals surface area contributed by atoms with Crippen molar-refractivity contribution >= 4 is 28.5 Å². The van der Waals surface area contributed by atoms with Gasteiger partial charge in [0.15, 0.2) is 0 Å². The van der Waals surface area contributed by atoms with Crippen LogP contribution in [0.4, 0.5) is 0 Å². The molecule has 3 rings (SSSR count). The molecule has 0 bridgehead atoms. The molecule has 4 nitrogen and oxygen atoms in total. The minimum atomic E-state index is -0.745.